The van der Waals surface area contributed by atoms with Crippen LogP contribution in [0.2, 0.25) is 0 Å². The van der Waals surface area contributed by atoms with Crippen LogP contribution in [0.15, 0.2) is 60.6 Å². The highest BCUT2D eigenvalue weighted by Gasteiger charge is 2.46. The molecule has 0 spiro atoms. The average Bonchev–Trinajstić information content (AvgIpc) is 3.21. The summed E-state index contributed by atoms with van der Waals surface area (Å²) in [6, 6.07) is 10.5. The van der Waals surface area contributed by atoms with E-state index in [2.05, 4.69) is 4.98 Å². The smallest absolute Gasteiger partial charge is 0.295 e. The zero-order chi connectivity index (χ0) is 21.4. The lowest BCUT2D eigenvalue weighted by Crippen LogP contribution is -2.35. The first-order valence-electron chi connectivity index (χ1n) is 9.77. The first kappa shape index (κ1) is 19.8. The zero-order valence-electron chi connectivity index (χ0n) is 17.2. The van der Waals surface area contributed by atoms with E-state index in [9.17, 15) is 14.7 Å². The quantitative estimate of drug-likeness (QED) is 0.402. The summed E-state index contributed by atoms with van der Waals surface area (Å²) in [5, 5.41) is 12.1. The van der Waals surface area contributed by atoms with Crippen molar-refractivity contribution < 1.29 is 14.7 Å². The Morgan fingerprint density at radius 3 is 2.63 bits per heavy atom. The molecular weight excluding hydrogens is 380 g/mol. The van der Waals surface area contributed by atoms with Crippen LogP contribution >= 0.6 is 0 Å². The van der Waals surface area contributed by atoms with Gasteiger partial charge in [0.15, 0.2) is 0 Å². The highest BCUT2D eigenvalue weighted by Crippen LogP contribution is 2.40. The van der Waals surface area contributed by atoms with Crippen LogP contribution in [0.5, 0.6) is 0 Å². The summed E-state index contributed by atoms with van der Waals surface area (Å²) >= 11 is 0. The number of amides is 1. The number of rotatable bonds is 5. The number of aromatic nitrogens is 2. The molecule has 0 radical (unpaired) electrons. The van der Waals surface area contributed by atoms with E-state index in [1.807, 2.05) is 60.9 Å². The first-order valence-corrected chi connectivity index (χ1v) is 9.77. The Kier molecular flexibility index (Phi) is 5.13. The molecule has 30 heavy (non-hydrogen) atoms. The molecule has 1 N–H and O–H groups in total. The third-order valence-electron chi connectivity index (χ3n) is 5.48. The number of carbonyl (C=O) groups is 2. The van der Waals surface area contributed by atoms with Gasteiger partial charge in [0.05, 0.1) is 11.6 Å². The van der Waals surface area contributed by atoms with Crippen molar-refractivity contribution in [1.29, 1.82) is 0 Å². The lowest BCUT2D eigenvalue weighted by Gasteiger charge is -2.26. The Morgan fingerprint density at radius 2 is 1.93 bits per heavy atom. The van der Waals surface area contributed by atoms with Crippen LogP contribution in [0.25, 0.3) is 16.7 Å². The molecule has 154 valence electrons. The fourth-order valence-corrected chi connectivity index (χ4v) is 3.98. The molecule has 0 saturated carbocycles. The van der Waals surface area contributed by atoms with E-state index in [0.717, 1.165) is 10.9 Å². The van der Waals surface area contributed by atoms with Crippen molar-refractivity contribution in [3.05, 3.63) is 71.7 Å². The maximum Gasteiger partial charge on any atom is 0.295 e. The van der Waals surface area contributed by atoms with Crippen LogP contribution in [0.3, 0.4) is 0 Å². The number of carbonyl (C=O) groups excluding carboxylic acids is 2. The van der Waals surface area contributed by atoms with Crippen LogP contribution in [0, 0.1) is 0 Å². The summed E-state index contributed by atoms with van der Waals surface area (Å²) in [5.41, 5.74) is 2.26. The molecule has 7 nitrogen and oxygen atoms in total. The van der Waals surface area contributed by atoms with Gasteiger partial charge in [0.25, 0.3) is 11.7 Å². The van der Waals surface area contributed by atoms with E-state index >= 15 is 0 Å². The predicted molar refractivity (Wildman–Crippen MR) is 115 cm³/mol. The molecule has 1 saturated heterocycles. The third-order valence-corrected chi connectivity index (χ3v) is 5.48. The van der Waals surface area contributed by atoms with Crippen LogP contribution in [-0.4, -0.2) is 63.3 Å². The summed E-state index contributed by atoms with van der Waals surface area (Å²) in [4.78, 5) is 33.6. The molecule has 3 heterocycles. The molecule has 3 aromatic rings. The lowest BCUT2D eigenvalue weighted by atomic mass is 9.96. The molecule has 7 heteroatoms. The molecule has 2 aromatic heterocycles. The van der Waals surface area contributed by atoms with Crippen molar-refractivity contribution in [2.45, 2.75) is 6.04 Å². The molecule has 0 bridgehead atoms. The fourth-order valence-electron chi connectivity index (χ4n) is 3.98. The number of hydrogen-bond donors (Lipinski definition) is 1. The molecule has 1 aromatic carbocycles. The number of fused-ring (bicyclic) bond motifs is 1. The van der Waals surface area contributed by atoms with E-state index in [1.54, 1.807) is 24.7 Å². The molecule has 1 atom stereocenters. The standard InChI is InChI=1S/C23H24N4O3/c1-25(2)11-12-27-20(15-7-6-10-24-13-15)19(22(29)23(27)30)21(28)17-14-26(3)18-9-5-4-8-16(17)18/h4-10,13-14,20,28H,11-12H2,1-3H3/b21-19+/t20-/m1/s1. The van der Waals surface area contributed by atoms with Crippen LogP contribution in [0.4, 0.5) is 0 Å². The minimum atomic E-state index is -0.683. The van der Waals surface area contributed by atoms with Gasteiger partial charge in [0.1, 0.15) is 5.76 Å². The lowest BCUT2D eigenvalue weighted by molar-refractivity contribution is -0.140. The third kappa shape index (κ3) is 3.27. The van der Waals surface area contributed by atoms with Crippen LogP contribution in [-0.2, 0) is 16.6 Å². The largest absolute Gasteiger partial charge is 0.507 e. The predicted octanol–water partition coefficient (Wildman–Crippen LogP) is 2.56. The number of pyridine rings is 1. The molecule has 1 fully saturated rings. The van der Waals surface area contributed by atoms with Crippen LogP contribution in [0.1, 0.15) is 17.2 Å². The Labute approximate surface area is 174 Å². The van der Waals surface area contributed by atoms with Gasteiger partial charge in [-0.25, -0.2) is 0 Å². The maximum absolute atomic E-state index is 13.1. The number of nitrogens with zero attached hydrogens (tertiary/aromatic N) is 4. The van der Waals surface area contributed by atoms with E-state index < -0.39 is 17.7 Å². The van der Waals surface area contributed by atoms with Gasteiger partial charge >= 0.3 is 0 Å². The monoisotopic (exact) mass is 404 g/mol. The van der Waals surface area contributed by atoms with E-state index in [0.29, 0.717) is 24.2 Å². The van der Waals surface area contributed by atoms with Gasteiger partial charge in [-0.3, -0.25) is 14.6 Å². The number of aryl methyl sites for hydroxylation is 1. The normalized spacial score (nSPS) is 18.7. The van der Waals surface area contributed by atoms with E-state index in [-0.39, 0.29) is 11.3 Å². The molecule has 1 aliphatic rings. The van der Waals surface area contributed by atoms with Crippen molar-refractivity contribution in [1.82, 2.24) is 19.4 Å². The highest BCUT2D eigenvalue weighted by molar-refractivity contribution is 6.46. The van der Waals surface area contributed by atoms with Crippen molar-refractivity contribution in [3.8, 4) is 0 Å². The molecule has 0 unspecified atom stereocenters. The van der Waals surface area contributed by atoms with Gasteiger partial charge in [-0.2, -0.15) is 0 Å². The SMILES string of the molecule is CN(C)CCN1C(=O)C(=O)/C(=C(/O)c2cn(C)c3ccccc23)[C@H]1c1cccnc1. The van der Waals surface area contributed by atoms with Gasteiger partial charge in [-0.1, -0.05) is 24.3 Å². The zero-order valence-corrected chi connectivity index (χ0v) is 17.2. The molecule has 1 amide bonds. The van der Waals surface area contributed by atoms with Gasteiger partial charge < -0.3 is 19.5 Å². The number of ketones is 1. The average molecular weight is 404 g/mol. The number of hydrogen-bond acceptors (Lipinski definition) is 5. The molecule has 4 rings (SSSR count). The van der Waals surface area contributed by atoms with E-state index in [4.69, 9.17) is 0 Å². The van der Waals surface area contributed by atoms with Gasteiger partial charge in [-0.05, 0) is 31.8 Å². The number of aliphatic hydroxyl groups excluding tert-OH is 1. The maximum atomic E-state index is 13.1. The summed E-state index contributed by atoms with van der Waals surface area (Å²) in [6.45, 7) is 0.960. The highest BCUT2D eigenvalue weighted by atomic mass is 16.3. The summed E-state index contributed by atoms with van der Waals surface area (Å²) in [5.74, 6) is -1.44. The number of Topliss-reactive ketones (excluding diaryl/α,β-unsaturated/α-hetero) is 1. The summed E-state index contributed by atoms with van der Waals surface area (Å²) < 4.78 is 1.89. The van der Waals surface area contributed by atoms with Gasteiger partial charge in [0, 0.05) is 55.2 Å². The van der Waals surface area contributed by atoms with Crippen molar-refractivity contribution in [2.75, 3.05) is 27.2 Å². The second kappa shape index (κ2) is 7.76. The minimum Gasteiger partial charge on any atom is -0.507 e. The second-order valence-corrected chi connectivity index (χ2v) is 7.75. The van der Waals surface area contributed by atoms with Crippen molar-refractivity contribution in [3.63, 3.8) is 0 Å². The summed E-state index contributed by atoms with van der Waals surface area (Å²) in [7, 11) is 5.70. The van der Waals surface area contributed by atoms with Crippen molar-refractivity contribution >= 4 is 28.4 Å². The Bertz CT molecular complexity index is 1150. The molecule has 1 aliphatic heterocycles. The Balaban J connectivity index is 1.91. The number of aliphatic hydroxyl groups is 1. The van der Waals surface area contributed by atoms with Crippen molar-refractivity contribution in [2.24, 2.45) is 7.05 Å². The second-order valence-electron chi connectivity index (χ2n) is 7.75. The Morgan fingerprint density at radius 1 is 1.17 bits per heavy atom. The fraction of sp³-hybridized carbons (Fsp3) is 0.261. The summed E-state index contributed by atoms with van der Waals surface area (Å²) in [6.07, 6.45) is 5.06. The van der Waals surface area contributed by atoms with E-state index in [1.165, 1.54) is 4.90 Å². The number of benzene rings is 1. The van der Waals surface area contributed by atoms with Gasteiger partial charge in [0.2, 0.25) is 0 Å². The molecular formula is C23H24N4O3. The molecule has 0 aliphatic carbocycles. The topological polar surface area (TPSA) is 78.7 Å². The number of para-hydroxylation sites is 1. The number of likely N-dealkylation sites (N-methyl/N-ethyl adjacent to an activating group) is 1. The van der Waals surface area contributed by atoms with Gasteiger partial charge in [-0.15, -0.1) is 0 Å². The Hall–Kier alpha value is -3.45. The minimum absolute atomic E-state index is 0.100. The number of likely N-dealkylation sites (tertiary alicyclic amines) is 1. The van der Waals surface area contributed by atoms with Crippen LogP contribution < -0.4 is 0 Å². The first-order chi connectivity index (χ1) is 14.4.